The summed E-state index contributed by atoms with van der Waals surface area (Å²) < 4.78 is 6.00. The highest BCUT2D eigenvalue weighted by atomic mass is 79.9. The first-order valence-corrected chi connectivity index (χ1v) is 5.16. The fourth-order valence-electron chi connectivity index (χ4n) is 1.18. The molecule has 0 aliphatic carbocycles. The van der Waals surface area contributed by atoms with Crippen molar-refractivity contribution in [3.8, 4) is 5.88 Å². The number of rotatable bonds is 1. The van der Waals surface area contributed by atoms with Gasteiger partial charge >= 0.3 is 0 Å². The molecule has 0 aliphatic rings. The molecular formula is C10H15BrN2O. The number of aromatic nitrogens is 1. The minimum atomic E-state index is -0.0280. The molecule has 0 unspecified atom stereocenters. The molecule has 0 radical (unpaired) electrons. The van der Waals surface area contributed by atoms with Crippen molar-refractivity contribution in [3.05, 3.63) is 16.2 Å². The van der Waals surface area contributed by atoms with E-state index >= 15 is 0 Å². The molecule has 1 rings (SSSR count). The highest BCUT2D eigenvalue weighted by Crippen LogP contribution is 2.32. The van der Waals surface area contributed by atoms with Crippen LogP contribution in [0.25, 0.3) is 0 Å². The van der Waals surface area contributed by atoms with Gasteiger partial charge in [-0.1, -0.05) is 20.8 Å². The molecule has 3 nitrogen and oxygen atoms in total. The van der Waals surface area contributed by atoms with Gasteiger partial charge in [-0.15, -0.1) is 0 Å². The predicted molar refractivity (Wildman–Crippen MR) is 61.6 cm³/mol. The number of nitrogen functional groups attached to an aromatic ring is 1. The van der Waals surface area contributed by atoms with Crippen molar-refractivity contribution in [2.75, 3.05) is 12.8 Å². The molecule has 78 valence electrons. The normalized spacial score (nSPS) is 11.5. The van der Waals surface area contributed by atoms with E-state index in [0.717, 1.165) is 10.2 Å². The number of ether oxygens (including phenoxy) is 1. The summed E-state index contributed by atoms with van der Waals surface area (Å²) in [7, 11) is 1.57. The molecule has 4 heteroatoms. The third kappa shape index (κ3) is 2.18. The Morgan fingerprint density at radius 2 is 2.00 bits per heavy atom. The largest absolute Gasteiger partial charge is 0.480 e. The number of methoxy groups -OCH3 is 1. The first kappa shape index (κ1) is 11.3. The van der Waals surface area contributed by atoms with E-state index < -0.39 is 0 Å². The first-order valence-electron chi connectivity index (χ1n) is 4.36. The monoisotopic (exact) mass is 258 g/mol. The highest BCUT2D eigenvalue weighted by Gasteiger charge is 2.20. The average Bonchev–Trinajstić information content (AvgIpc) is 2.02. The molecule has 14 heavy (non-hydrogen) atoms. The van der Waals surface area contributed by atoms with Gasteiger partial charge < -0.3 is 10.5 Å². The van der Waals surface area contributed by atoms with Crippen molar-refractivity contribution in [1.29, 1.82) is 0 Å². The zero-order valence-corrected chi connectivity index (χ0v) is 10.5. The maximum absolute atomic E-state index is 5.73. The number of anilines is 1. The summed E-state index contributed by atoms with van der Waals surface area (Å²) in [5.74, 6) is 0.484. The van der Waals surface area contributed by atoms with Crippen molar-refractivity contribution < 1.29 is 4.74 Å². The summed E-state index contributed by atoms with van der Waals surface area (Å²) in [6.45, 7) is 6.28. The van der Waals surface area contributed by atoms with Gasteiger partial charge in [0.25, 0.3) is 0 Å². The van der Waals surface area contributed by atoms with Crippen molar-refractivity contribution in [1.82, 2.24) is 4.98 Å². The van der Waals surface area contributed by atoms with Crippen molar-refractivity contribution in [2.45, 2.75) is 26.2 Å². The summed E-state index contributed by atoms with van der Waals surface area (Å²) in [5, 5.41) is 0. The van der Waals surface area contributed by atoms with Gasteiger partial charge in [-0.3, -0.25) is 0 Å². The van der Waals surface area contributed by atoms with Crippen LogP contribution in [-0.4, -0.2) is 12.1 Å². The number of nitrogens with zero attached hydrogens (tertiary/aromatic N) is 1. The van der Waals surface area contributed by atoms with Crippen molar-refractivity contribution in [3.63, 3.8) is 0 Å². The van der Waals surface area contributed by atoms with Gasteiger partial charge in [-0.05, 0) is 22.0 Å². The Morgan fingerprint density at radius 3 is 2.43 bits per heavy atom. The molecular weight excluding hydrogens is 244 g/mol. The van der Waals surface area contributed by atoms with Crippen LogP contribution in [0.3, 0.4) is 0 Å². The lowest BCUT2D eigenvalue weighted by atomic mass is 9.91. The summed E-state index contributed by atoms with van der Waals surface area (Å²) in [5.41, 5.74) is 7.19. The van der Waals surface area contributed by atoms with Gasteiger partial charge in [-0.25, -0.2) is 4.98 Å². The number of nitrogens with two attached hydrogens (primary N) is 1. The molecule has 2 N–H and O–H groups in total. The minimum absolute atomic E-state index is 0.0280. The smallest absolute Gasteiger partial charge is 0.237 e. The van der Waals surface area contributed by atoms with Crippen LogP contribution in [0.5, 0.6) is 5.88 Å². The Labute approximate surface area is 92.8 Å². The molecule has 0 amide bonds. The molecule has 0 bridgehead atoms. The maximum atomic E-state index is 5.73. The molecule has 0 aromatic carbocycles. The van der Waals surface area contributed by atoms with E-state index in [0.29, 0.717) is 11.6 Å². The lowest BCUT2D eigenvalue weighted by molar-refractivity contribution is 0.394. The van der Waals surface area contributed by atoms with E-state index in [1.807, 2.05) is 6.07 Å². The third-order valence-electron chi connectivity index (χ3n) is 1.87. The third-order valence-corrected chi connectivity index (χ3v) is 2.48. The molecule has 1 heterocycles. The van der Waals surface area contributed by atoms with E-state index in [4.69, 9.17) is 10.5 Å². The number of hydrogen-bond donors (Lipinski definition) is 1. The minimum Gasteiger partial charge on any atom is -0.480 e. The van der Waals surface area contributed by atoms with Crippen LogP contribution in [0.2, 0.25) is 0 Å². The predicted octanol–water partition coefficient (Wildman–Crippen LogP) is 2.73. The molecule has 1 aromatic rings. The Kier molecular flexibility index (Phi) is 3.04. The summed E-state index contributed by atoms with van der Waals surface area (Å²) in [6, 6.07) is 1.83. The van der Waals surface area contributed by atoms with Crippen LogP contribution >= 0.6 is 15.9 Å². The van der Waals surface area contributed by atoms with Gasteiger partial charge in [0, 0.05) is 9.89 Å². The standard InChI is InChI=1S/C10H15BrN2O/c1-10(2,3)8-6(11)5-7(12)9(13-8)14-4/h5H,12H2,1-4H3. The summed E-state index contributed by atoms with van der Waals surface area (Å²) >= 11 is 3.45. The Hall–Kier alpha value is -0.770. The SMILES string of the molecule is COc1nc(C(C)(C)C)c(Br)cc1N. The Balaban J connectivity index is 3.32. The maximum Gasteiger partial charge on any atom is 0.237 e. The van der Waals surface area contributed by atoms with E-state index in [-0.39, 0.29) is 5.41 Å². The van der Waals surface area contributed by atoms with Crippen LogP contribution in [-0.2, 0) is 5.41 Å². The van der Waals surface area contributed by atoms with Crippen LogP contribution in [0.1, 0.15) is 26.5 Å². The van der Waals surface area contributed by atoms with E-state index in [9.17, 15) is 0 Å². The average molecular weight is 259 g/mol. The zero-order valence-electron chi connectivity index (χ0n) is 8.89. The van der Waals surface area contributed by atoms with Crippen LogP contribution in [0.4, 0.5) is 5.69 Å². The lowest BCUT2D eigenvalue weighted by Crippen LogP contribution is -2.15. The second-order valence-corrected chi connectivity index (χ2v) is 5.02. The molecule has 0 aliphatic heterocycles. The van der Waals surface area contributed by atoms with Crippen LogP contribution in [0, 0.1) is 0 Å². The molecule has 0 saturated carbocycles. The molecule has 0 fully saturated rings. The van der Waals surface area contributed by atoms with Gasteiger partial charge in [0.05, 0.1) is 18.5 Å². The summed E-state index contributed by atoms with van der Waals surface area (Å²) in [6.07, 6.45) is 0. The Morgan fingerprint density at radius 1 is 1.43 bits per heavy atom. The molecule has 0 saturated heterocycles. The van der Waals surface area contributed by atoms with Gasteiger partial charge in [0.1, 0.15) is 0 Å². The molecule has 0 spiro atoms. The van der Waals surface area contributed by atoms with Gasteiger partial charge in [0.2, 0.25) is 5.88 Å². The summed E-state index contributed by atoms with van der Waals surface area (Å²) in [4.78, 5) is 4.37. The highest BCUT2D eigenvalue weighted by molar-refractivity contribution is 9.10. The van der Waals surface area contributed by atoms with E-state index in [1.54, 1.807) is 7.11 Å². The number of halogens is 1. The Bertz CT molecular complexity index is 345. The van der Waals surface area contributed by atoms with Gasteiger partial charge in [0.15, 0.2) is 0 Å². The molecule has 1 aromatic heterocycles. The van der Waals surface area contributed by atoms with E-state index in [1.165, 1.54) is 0 Å². The van der Waals surface area contributed by atoms with Crippen molar-refractivity contribution in [2.24, 2.45) is 0 Å². The van der Waals surface area contributed by atoms with Crippen molar-refractivity contribution >= 4 is 21.6 Å². The van der Waals surface area contributed by atoms with E-state index in [2.05, 4.69) is 41.7 Å². The first-order chi connectivity index (χ1) is 6.36. The lowest BCUT2D eigenvalue weighted by Gasteiger charge is -2.20. The fraction of sp³-hybridized carbons (Fsp3) is 0.500. The quantitative estimate of drug-likeness (QED) is 0.843. The number of pyridine rings is 1. The van der Waals surface area contributed by atoms with Gasteiger partial charge in [-0.2, -0.15) is 0 Å². The van der Waals surface area contributed by atoms with Crippen LogP contribution < -0.4 is 10.5 Å². The second-order valence-electron chi connectivity index (χ2n) is 4.17. The fourth-order valence-corrected chi connectivity index (χ4v) is 2.11. The topological polar surface area (TPSA) is 48.1 Å². The van der Waals surface area contributed by atoms with Crippen LogP contribution in [0.15, 0.2) is 10.5 Å². The molecule has 0 atom stereocenters. The number of hydrogen-bond acceptors (Lipinski definition) is 3. The second kappa shape index (κ2) is 3.77. The zero-order chi connectivity index (χ0) is 10.9.